The van der Waals surface area contributed by atoms with E-state index in [0.29, 0.717) is 25.9 Å². The molecule has 0 atom stereocenters. The van der Waals surface area contributed by atoms with E-state index in [-0.39, 0.29) is 23.5 Å². The average molecular weight is 302 g/mol. The summed E-state index contributed by atoms with van der Waals surface area (Å²) < 4.78 is 5.53. The number of aliphatic carboxylic acids is 1. The van der Waals surface area contributed by atoms with Crippen molar-refractivity contribution in [3.63, 3.8) is 0 Å². The second-order valence-electron chi connectivity index (χ2n) is 5.44. The summed E-state index contributed by atoms with van der Waals surface area (Å²) >= 11 is 1.83. The van der Waals surface area contributed by atoms with Gasteiger partial charge in [-0.05, 0) is 31.9 Å². The van der Waals surface area contributed by atoms with Crippen LogP contribution < -0.4 is 5.32 Å². The molecule has 7 heteroatoms. The van der Waals surface area contributed by atoms with Crippen molar-refractivity contribution >= 4 is 23.8 Å². The van der Waals surface area contributed by atoms with Gasteiger partial charge in [0, 0.05) is 24.4 Å². The number of likely N-dealkylation sites (tertiary alicyclic amines) is 1. The molecule has 0 radical (unpaired) electrons. The number of piperidine rings is 1. The van der Waals surface area contributed by atoms with E-state index in [2.05, 4.69) is 11.6 Å². The molecule has 1 aliphatic carbocycles. The Bertz CT molecular complexity index is 365. The van der Waals surface area contributed by atoms with Gasteiger partial charge in [-0.15, -0.1) is 0 Å². The van der Waals surface area contributed by atoms with E-state index < -0.39 is 5.97 Å². The fourth-order valence-corrected chi connectivity index (χ4v) is 3.08. The minimum Gasteiger partial charge on any atom is -0.480 e. The maximum absolute atomic E-state index is 12.0. The standard InChI is InChI=1S/C13H22N2O4S/c1-20-13(4-5-13)9-14-12(18)15-6-2-10(3-7-15)19-8-11(16)17/h10H,2-9H2,1H3,(H,14,18)(H,16,17). The first-order valence-electron chi connectivity index (χ1n) is 6.96. The van der Waals surface area contributed by atoms with Gasteiger partial charge in [0.25, 0.3) is 0 Å². The summed E-state index contributed by atoms with van der Waals surface area (Å²) in [6, 6.07) is -0.0120. The van der Waals surface area contributed by atoms with E-state index in [1.807, 2.05) is 11.8 Å². The van der Waals surface area contributed by atoms with Crippen LogP contribution in [0.25, 0.3) is 0 Å². The summed E-state index contributed by atoms with van der Waals surface area (Å²) in [5.74, 6) is -0.947. The average Bonchev–Trinajstić information content (AvgIpc) is 3.24. The molecule has 6 nitrogen and oxygen atoms in total. The van der Waals surface area contributed by atoms with E-state index in [0.717, 1.165) is 6.54 Å². The summed E-state index contributed by atoms with van der Waals surface area (Å²) in [4.78, 5) is 24.2. The van der Waals surface area contributed by atoms with Gasteiger partial charge >= 0.3 is 12.0 Å². The van der Waals surface area contributed by atoms with Gasteiger partial charge < -0.3 is 20.1 Å². The smallest absolute Gasteiger partial charge is 0.329 e. The van der Waals surface area contributed by atoms with Gasteiger partial charge in [-0.1, -0.05) is 0 Å². The largest absolute Gasteiger partial charge is 0.480 e. The SMILES string of the molecule is CSC1(CNC(=O)N2CCC(OCC(=O)O)CC2)CC1. The topological polar surface area (TPSA) is 78.9 Å². The van der Waals surface area contributed by atoms with E-state index in [1.54, 1.807) is 4.90 Å². The molecule has 1 saturated heterocycles. The van der Waals surface area contributed by atoms with Crippen LogP contribution in [0.5, 0.6) is 0 Å². The Morgan fingerprint density at radius 1 is 1.40 bits per heavy atom. The highest BCUT2D eigenvalue weighted by atomic mass is 32.2. The third kappa shape index (κ3) is 4.28. The van der Waals surface area contributed by atoms with Gasteiger partial charge in [-0.25, -0.2) is 9.59 Å². The fourth-order valence-electron chi connectivity index (χ4n) is 2.36. The van der Waals surface area contributed by atoms with Crippen molar-refractivity contribution < 1.29 is 19.4 Å². The van der Waals surface area contributed by atoms with Crippen LogP contribution in [-0.4, -0.2) is 65.4 Å². The molecule has 1 saturated carbocycles. The third-order valence-corrected chi connectivity index (χ3v) is 5.39. The van der Waals surface area contributed by atoms with Crippen LogP contribution in [0.15, 0.2) is 0 Å². The number of ether oxygens (including phenoxy) is 1. The zero-order valence-corrected chi connectivity index (χ0v) is 12.6. The van der Waals surface area contributed by atoms with Crippen molar-refractivity contribution in [2.45, 2.75) is 36.5 Å². The van der Waals surface area contributed by atoms with Gasteiger partial charge in [0.15, 0.2) is 0 Å². The first kappa shape index (κ1) is 15.4. The molecule has 2 rings (SSSR count). The molecule has 1 aliphatic heterocycles. The van der Waals surface area contributed by atoms with Crippen molar-refractivity contribution in [1.82, 2.24) is 10.2 Å². The second kappa shape index (κ2) is 6.67. The quantitative estimate of drug-likeness (QED) is 0.769. The van der Waals surface area contributed by atoms with Crippen LogP contribution in [0.1, 0.15) is 25.7 Å². The molecular formula is C13H22N2O4S. The monoisotopic (exact) mass is 302 g/mol. The highest BCUT2D eigenvalue weighted by Crippen LogP contribution is 2.46. The number of thioether (sulfide) groups is 1. The number of urea groups is 1. The van der Waals surface area contributed by atoms with Gasteiger partial charge in [-0.3, -0.25) is 0 Å². The second-order valence-corrected chi connectivity index (χ2v) is 6.71. The van der Waals surface area contributed by atoms with E-state index in [1.165, 1.54) is 12.8 Å². The molecule has 2 amide bonds. The summed E-state index contributed by atoms with van der Waals surface area (Å²) in [6.45, 7) is 1.74. The Kier molecular flexibility index (Phi) is 5.15. The maximum atomic E-state index is 12.0. The van der Waals surface area contributed by atoms with E-state index in [4.69, 9.17) is 9.84 Å². The number of carboxylic acid groups (broad SMARTS) is 1. The summed E-state index contributed by atoms with van der Waals surface area (Å²) in [7, 11) is 0. The Morgan fingerprint density at radius 2 is 2.05 bits per heavy atom. The molecule has 114 valence electrons. The molecule has 1 heterocycles. The number of carbonyl (C=O) groups excluding carboxylic acids is 1. The van der Waals surface area contributed by atoms with E-state index in [9.17, 15) is 9.59 Å². The molecule has 0 aromatic carbocycles. The molecule has 0 spiro atoms. The highest BCUT2D eigenvalue weighted by Gasteiger charge is 2.42. The van der Waals surface area contributed by atoms with E-state index >= 15 is 0 Å². The van der Waals surface area contributed by atoms with Crippen molar-refractivity contribution in [2.24, 2.45) is 0 Å². The maximum Gasteiger partial charge on any atom is 0.329 e. The van der Waals surface area contributed by atoms with Crippen molar-refractivity contribution in [2.75, 3.05) is 32.5 Å². The van der Waals surface area contributed by atoms with Crippen LogP contribution in [-0.2, 0) is 9.53 Å². The molecule has 0 bridgehead atoms. The van der Waals surface area contributed by atoms with Gasteiger partial charge in [-0.2, -0.15) is 11.8 Å². The minimum absolute atomic E-state index is 0.0120. The Hall–Kier alpha value is -0.950. The highest BCUT2D eigenvalue weighted by molar-refractivity contribution is 8.00. The van der Waals surface area contributed by atoms with Gasteiger partial charge in [0.1, 0.15) is 6.61 Å². The predicted molar refractivity (Wildman–Crippen MR) is 77.1 cm³/mol. The molecular weight excluding hydrogens is 280 g/mol. The molecule has 0 unspecified atom stereocenters. The van der Waals surface area contributed by atoms with Crippen molar-refractivity contribution in [3.05, 3.63) is 0 Å². The number of rotatable bonds is 6. The van der Waals surface area contributed by atoms with Crippen LogP contribution in [0.4, 0.5) is 4.79 Å². The summed E-state index contributed by atoms with van der Waals surface area (Å²) in [6.07, 6.45) is 5.81. The first-order chi connectivity index (χ1) is 9.54. The number of nitrogens with zero attached hydrogens (tertiary/aromatic N) is 1. The fraction of sp³-hybridized carbons (Fsp3) is 0.846. The Labute approximate surface area is 123 Å². The van der Waals surface area contributed by atoms with Crippen molar-refractivity contribution in [1.29, 1.82) is 0 Å². The number of carbonyl (C=O) groups is 2. The van der Waals surface area contributed by atoms with Crippen molar-refractivity contribution in [3.8, 4) is 0 Å². The molecule has 20 heavy (non-hydrogen) atoms. The van der Waals surface area contributed by atoms with Crippen LogP contribution in [0.3, 0.4) is 0 Å². The van der Waals surface area contributed by atoms with Crippen LogP contribution in [0, 0.1) is 0 Å². The Morgan fingerprint density at radius 3 is 2.55 bits per heavy atom. The molecule has 0 aromatic rings. The lowest BCUT2D eigenvalue weighted by Gasteiger charge is -2.32. The van der Waals surface area contributed by atoms with Crippen LogP contribution in [0.2, 0.25) is 0 Å². The summed E-state index contributed by atoms with van der Waals surface area (Å²) in [5.41, 5.74) is 0. The number of amides is 2. The lowest BCUT2D eigenvalue weighted by molar-refractivity contribution is -0.145. The lowest BCUT2D eigenvalue weighted by atomic mass is 10.1. The van der Waals surface area contributed by atoms with Gasteiger partial charge in [0.05, 0.1) is 6.10 Å². The lowest BCUT2D eigenvalue weighted by Crippen LogP contribution is -2.47. The normalized spacial score (nSPS) is 21.6. The number of carboxylic acids is 1. The number of hydrogen-bond acceptors (Lipinski definition) is 4. The zero-order chi connectivity index (χ0) is 14.6. The first-order valence-corrected chi connectivity index (χ1v) is 8.18. The summed E-state index contributed by atoms with van der Waals surface area (Å²) in [5, 5.41) is 11.6. The van der Waals surface area contributed by atoms with Gasteiger partial charge in [0.2, 0.25) is 0 Å². The molecule has 2 N–H and O–H groups in total. The zero-order valence-electron chi connectivity index (χ0n) is 11.8. The molecule has 0 aromatic heterocycles. The Balaban J connectivity index is 1.65. The molecule has 2 aliphatic rings. The minimum atomic E-state index is -0.947. The van der Waals surface area contributed by atoms with Crippen LogP contribution >= 0.6 is 11.8 Å². The molecule has 2 fully saturated rings. The predicted octanol–water partition coefficient (Wildman–Crippen LogP) is 1.16. The number of hydrogen-bond donors (Lipinski definition) is 2. The number of nitrogens with one attached hydrogen (secondary N) is 1. The third-order valence-electron chi connectivity index (χ3n) is 3.97.